The van der Waals surface area contributed by atoms with Gasteiger partial charge in [0.15, 0.2) is 0 Å². The first-order valence-corrected chi connectivity index (χ1v) is 25.4. The third-order valence-electron chi connectivity index (χ3n) is 12.2. The molecule has 4 unspecified atom stereocenters. The van der Waals surface area contributed by atoms with Crippen molar-refractivity contribution in [2.24, 2.45) is 0 Å². The lowest BCUT2D eigenvalue weighted by Gasteiger charge is -2.28. The zero-order valence-corrected chi connectivity index (χ0v) is 41.7. The van der Waals surface area contributed by atoms with Crippen molar-refractivity contribution in [2.75, 3.05) is 69.2 Å². The summed E-state index contributed by atoms with van der Waals surface area (Å²) in [6.07, 6.45) is 12.3. The summed E-state index contributed by atoms with van der Waals surface area (Å²) in [5, 5.41) is 5.51. The smallest absolute Gasteiger partial charge is 0.119 e. The molecular formula is C52H76O8P2. The predicted molar refractivity (Wildman–Crippen MR) is 262 cm³/mol. The van der Waals surface area contributed by atoms with Crippen molar-refractivity contribution in [3.8, 4) is 23.0 Å². The van der Waals surface area contributed by atoms with Crippen molar-refractivity contribution >= 4 is 37.1 Å². The maximum Gasteiger partial charge on any atom is 0.119 e. The Morgan fingerprint density at radius 2 is 0.581 bits per heavy atom. The number of benzene rings is 4. The Labute approximate surface area is 377 Å². The van der Waals surface area contributed by atoms with Crippen LogP contribution in [0.4, 0.5) is 0 Å². The summed E-state index contributed by atoms with van der Waals surface area (Å²) in [5.74, 6) is 3.55. The van der Waals surface area contributed by atoms with Crippen molar-refractivity contribution in [3.63, 3.8) is 0 Å². The highest BCUT2D eigenvalue weighted by atomic mass is 31.1. The van der Waals surface area contributed by atoms with E-state index in [1.807, 2.05) is 0 Å². The number of ether oxygens (including phenoxy) is 8. The van der Waals surface area contributed by atoms with Crippen molar-refractivity contribution in [1.29, 1.82) is 0 Å². The largest absolute Gasteiger partial charge is 0.497 e. The second kappa shape index (κ2) is 27.2. The van der Waals surface area contributed by atoms with Gasteiger partial charge in [-0.15, -0.1) is 0 Å². The highest BCUT2D eigenvalue weighted by molar-refractivity contribution is 7.73. The zero-order chi connectivity index (χ0) is 45.0. The Bertz CT molecular complexity index is 1650. The quantitative estimate of drug-likeness (QED) is 0.0395. The maximum absolute atomic E-state index is 5.92. The SMILES string of the molecule is COc1ccc(CCC(C)OC)c(P(CCCCP(c2cc(OC)ccc2CCC(C)OC)c2cc(OC)ccc2CCC(C)OC)c2cc(OC)ccc2CCC(C)OC)c1. The topological polar surface area (TPSA) is 73.8 Å². The number of methoxy groups -OCH3 is 8. The van der Waals surface area contributed by atoms with Crippen LogP contribution in [0.15, 0.2) is 72.8 Å². The van der Waals surface area contributed by atoms with E-state index in [0.29, 0.717) is 0 Å². The van der Waals surface area contributed by atoms with Crippen LogP contribution in [-0.2, 0) is 44.6 Å². The van der Waals surface area contributed by atoms with E-state index < -0.39 is 15.8 Å². The molecule has 62 heavy (non-hydrogen) atoms. The van der Waals surface area contributed by atoms with Gasteiger partial charge in [0.2, 0.25) is 0 Å². The molecule has 0 amide bonds. The third-order valence-corrected chi connectivity index (χ3v) is 17.8. The summed E-state index contributed by atoms with van der Waals surface area (Å²) in [5.41, 5.74) is 5.44. The number of aryl methyl sites for hydroxylation is 4. The average Bonchev–Trinajstić information content (AvgIpc) is 3.31. The molecule has 10 heteroatoms. The van der Waals surface area contributed by atoms with Crippen LogP contribution in [0.1, 0.15) is 88.5 Å². The monoisotopic (exact) mass is 891 g/mol. The van der Waals surface area contributed by atoms with Gasteiger partial charge in [0.25, 0.3) is 0 Å². The zero-order valence-electron chi connectivity index (χ0n) is 39.9. The number of rotatable bonds is 29. The van der Waals surface area contributed by atoms with Gasteiger partial charge >= 0.3 is 0 Å². The lowest BCUT2D eigenvalue weighted by atomic mass is 10.1. The molecule has 0 aliphatic carbocycles. The fourth-order valence-corrected chi connectivity index (χ4v) is 13.5. The average molecular weight is 891 g/mol. The normalized spacial score (nSPS) is 14.5. The first kappa shape index (κ1) is 51.4. The van der Waals surface area contributed by atoms with Crippen LogP contribution < -0.4 is 40.2 Å². The summed E-state index contributed by atoms with van der Waals surface area (Å²) >= 11 is 0. The molecule has 0 aromatic heterocycles. The highest BCUT2D eigenvalue weighted by Crippen LogP contribution is 2.44. The van der Waals surface area contributed by atoms with Crippen molar-refractivity contribution < 1.29 is 37.9 Å². The van der Waals surface area contributed by atoms with Gasteiger partial charge in [0.1, 0.15) is 23.0 Å². The van der Waals surface area contributed by atoms with Crippen LogP contribution in [0, 0.1) is 0 Å². The minimum atomic E-state index is -0.806. The van der Waals surface area contributed by atoms with E-state index in [1.165, 1.54) is 43.5 Å². The number of hydrogen-bond donors (Lipinski definition) is 0. The maximum atomic E-state index is 5.92. The van der Waals surface area contributed by atoms with Gasteiger partial charge < -0.3 is 37.9 Å². The minimum Gasteiger partial charge on any atom is -0.497 e. The molecule has 0 radical (unpaired) electrons. The van der Waals surface area contributed by atoms with Crippen LogP contribution in [0.25, 0.3) is 0 Å². The molecule has 0 aliphatic rings. The van der Waals surface area contributed by atoms with Crippen LogP contribution >= 0.6 is 15.8 Å². The molecule has 0 saturated carbocycles. The molecule has 0 saturated heterocycles. The Morgan fingerprint density at radius 1 is 0.355 bits per heavy atom. The molecule has 342 valence electrons. The summed E-state index contributed by atoms with van der Waals surface area (Å²) in [4.78, 5) is 0. The summed E-state index contributed by atoms with van der Waals surface area (Å²) < 4.78 is 46.6. The lowest BCUT2D eigenvalue weighted by Crippen LogP contribution is -2.24. The molecule has 0 fully saturated rings. The molecule has 4 rings (SSSR count). The van der Waals surface area contributed by atoms with Gasteiger partial charge in [-0.2, -0.15) is 0 Å². The van der Waals surface area contributed by atoms with Gasteiger partial charge in [-0.1, -0.05) is 24.3 Å². The van der Waals surface area contributed by atoms with Crippen LogP contribution in [0.2, 0.25) is 0 Å². The second-order valence-electron chi connectivity index (χ2n) is 16.3. The fraction of sp³-hybridized carbons (Fsp3) is 0.538. The standard InChI is InChI=1S/C52H76O8P2/c1-37(53-5)15-19-41-23-27-45(57-9)33-49(41)61(50-34-46(58-10)28-24-42(50)20-16-38(2)54-6)31-13-14-32-62(51-35-47(59-11)29-25-43(51)21-17-39(3)55-7)52-36-48(60-12)30-26-44(52)22-18-40(4)56-8/h23-30,33-40H,13-22,31-32H2,1-12H3. The van der Waals surface area contributed by atoms with Crippen molar-refractivity contribution in [1.82, 2.24) is 0 Å². The summed E-state index contributed by atoms with van der Waals surface area (Å²) in [6.45, 7) is 8.61. The lowest BCUT2D eigenvalue weighted by molar-refractivity contribution is 0.111. The van der Waals surface area contributed by atoms with E-state index in [2.05, 4.69) is 100 Å². The number of unbranched alkanes of at least 4 members (excludes halogenated alkanes) is 1. The van der Waals surface area contributed by atoms with Crippen molar-refractivity contribution in [2.45, 2.75) is 116 Å². The Balaban J connectivity index is 1.83. The fourth-order valence-electron chi connectivity index (χ4n) is 7.72. The Kier molecular flexibility index (Phi) is 22.5. The van der Waals surface area contributed by atoms with E-state index in [1.54, 1.807) is 56.9 Å². The van der Waals surface area contributed by atoms with Crippen LogP contribution in [0.5, 0.6) is 23.0 Å². The van der Waals surface area contributed by atoms with E-state index in [4.69, 9.17) is 37.9 Å². The predicted octanol–water partition coefficient (Wildman–Crippen LogP) is 9.94. The molecule has 4 aromatic carbocycles. The van der Waals surface area contributed by atoms with Crippen LogP contribution in [-0.4, -0.2) is 93.6 Å². The molecule has 0 aliphatic heterocycles. The summed E-state index contributed by atoms with van der Waals surface area (Å²) in [6, 6.07) is 26.8. The van der Waals surface area contributed by atoms with Crippen molar-refractivity contribution in [3.05, 3.63) is 95.1 Å². The molecule has 0 N–H and O–H groups in total. The highest BCUT2D eigenvalue weighted by Gasteiger charge is 2.26. The molecular weight excluding hydrogens is 815 g/mol. The van der Waals surface area contributed by atoms with E-state index in [9.17, 15) is 0 Å². The molecule has 4 aromatic rings. The molecule has 0 bridgehead atoms. The Hall–Kier alpha value is -3.22. The van der Waals surface area contributed by atoms with Gasteiger partial charge in [0, 0.05) is 28.4 Å². The third kappa shape index (κ3) is 15.2. The molecule has 8 nitrogen and oxygen atoms in total. The molecule has 0 heterocycles. The minimum absolute atomic E-state index is 0.164. The molecule has 0 spiro atoms. The van der Waals surface area contributed by atoms with Crippen LogP contribution in [0.3, 0.4) is 0 Å². The van der Waals surface area contributed by atoms with E-state index in [0.717, 1.165) is 99.5 Å². The first-order chi connectivity index (χ1) is 30.0. The molecule has 4 atom stereocenters. The van der Waals surface area contributed by atoms with Gasteiger partial charge in [-0.05, 0) is 212 Å². The summed E-state index contributed by atoms with van der Waals surface area (Å²) in [7, 11) is 12.7. The number of hydrogen-bond acceptors (Lipinski definition) is 8. The van der Waals surface area contributed by atoms with E-state index >= 15 is 0 Å². The van der Waals surface area contributed by atoms with Gasteiger partial charge in [-0.25, -0.2) is 0 Å². The van der Waals surface area contributed by atoms with Gasteiger partial charge in [-0.3, -0.25) is 0 Å². The van der Waals surface area contributed by atoms with Gasteiger partial charge in [0.05, 0.1) is 52.9 Å². The Morgan fingerprint density at radius 3 is 0.774 bits per heavy atom. The first-order valence-electron chi connectivity index (χ1n) is 22.4. The van der Waals surface area contributed by atoms with E-state index in [-0.39, 0.29) is 24.4 Å². The second-order valence-corrected chi connectivity index (χ2v) is 20.9.